The third kappa shape index (κ3) is 2.18. The summed E-state index contributed by atoms with van der Waals surface area (Å²) < 4.78 is 7.64. The summed E-state index contributed by atoms with van der Waals surface area (Å²) in [5.41, 5.74) is 0.0971. The van der Waals surface area contributed by atoms with Crippen molar-refractivity contribution in [1.82, 2.24) is 18.5 Å². The summed E-state index contributed by atoms with van der Waals surface area (Å²) in [6.07, 6.45) is -1.01. The minimum absolute atomic E-state index is 0.0112. The van der Waals surface area contributed by atoms with Gasteiger partial charge in [-0.15, -0.1) is 0 Å². The van der Waals surface area contributed by atoms with Gasteiger partial charge in [-0.05, 0) is 0 Å². The average Bonchev–Trinajstić information content (AvgIpc) is 2.95. The molecule has 0 saturated carbocycles. The maximum absolute atomic E-state index is 12.4. The van der Waals surface area contributed by atoms with Crippen LogP contribution in [0, 0.1) is 0 Å². The first-order chi connectivity index (χ1) is 10.0. The molecule has 21 heavy (non-hydrogen) atoms. The zero-order chi connectivity index (χ0) is 15.1. The quantitative estimate of drug-likeness (QED) is 0.807. The average molecular weight is 329 g/mol. The number of piperazine rings is 1. The molecule has 0 spiro atoms. The SMILES string of the molecule is O=C1C(Cl)=C(N2CCN(C(=O)O)CC2)C(=O)c2nsnc21. The highest BCUT2D eigenvalue weighted by atomic mass is 35.5. The Labute approximate surface area is 127 Å². The van der Waals surface area contributed by atoms with Gasteiger partial charge in [0.25, 0.3) is 0 Å². The number of rotatable bonds is 1. The van der Waals surface area contributed by atoms with Gasteiger partial charge in [-0.2, -0.15) is 8.75 Å². The Morgan fingerprint density at radius 2 is 1.67 bits per heavy atom. The molecule has 1 aromatic rings. The predicted octanol–water partition coefficient (Wildman–Crippen LogP) is 0.663. The molecule has 1 fully saturated rings. The molecule has 3 rings (SSSR count). The smallest absolute Gasteiger partial charge is 0.407 e. The van der Waals surface area contributed by atoms with E-state index in [2.05, 4.69) is 8.75 Å². The van der Waals surface area contributed by atoms with Crippen LogP contribution in [-0.2, 0) is 0 Å². The van der Waals surface area contributed by atoms with Crippen LogP contribution in [0.2, 0.25) is 0 Å². The molecule has 2 heterocycles. The summed E-state index contributed by atoms with van der Waals surface area (Å²) in [5.74, 6) is -0.956. The highest BCUT2D eigenvalue weighted by Gasteiger charge is 2.38. The van der Waals surface area contributed by atoms with Crippen LogP contribution in [0.4, 0.5) is 4.79 Å². The number of hydrogen-bond acceptors (Lipinski definition) is 7. The topological polar surface area (TPSA) is 104 Å². The fourth-order valence-electron chi connectivity index (χ4n) is 2.31. The van der Waals surface area contributed by atoms with Gasteiger partial charge in [0, 0.05) is 26.2 Å². The summed E-state index contributed by atoms with van der Waals surface area (Å²) in [4.78, 5) is 38.2. The standard InChI is InChI=1S/C11H9ClN4O4S/c12-5-8(15-1-3-16(4-2-15)11(19)20)10(18)7-6(9(5)17)13-21-14-7/h1-4H2,(H,19,20). The number of carboxylic acid groups (broad SMARTS) is 1. The zero-order valence-electron chi connectivity index (χ0n) is 10.6. The molecule has 1 aromatic heterocycles. The Morgan fingerprint density at radius 1 is 1.10 bits per heavy atom. The Hall–Kier alpha value is -2.00. The highest BCUT2D eigenvalue weighted by Crippen LogP contribution is 2.29. The van der Waals surface area contributed by atoms with Crippen molar-refractivity contribution in [1.29, 1.82) is 0 Å². The lowest BCUT2D eigenvalue weighted by Crippen LogP contribution is -2.49. The second kappa shape index (κ2) is 5.08. The summed E-state index contributed by atoms with van der Waals surface area (Å²) in [5, 5.41) is 8.74. The summed E-state index contributed by atoms with van der Waals surface area (Å²) in [7, 11) is 0. The minimum Gasteiger partial charge on any atom is -0.465 e. The molecule has 0 aromatic carbocycles. The van der Waals surface area contributed by atoms with Gasteiger partial charge >= 0.3 is 6.09 Å². The molecule has 0 atom stereocenters. The lowest BCUT2D eigenvalue weighted by atomic mass is 10.0. The van der Waals surface area contributed by atoms with Crippen LogP contribution in [0.1, 0.15) is 21.0 Å². The highest BCUT2D eigenvalue weighted by molar-refractivity contribution is 6.99. The molecule has 1 aliphatic carbocycles. The van der Waals surface area contributed by atoms with E-state index in [1.807, 2.05) is 0 Å². The Kier molecular flexibility index (Phi) is 3.38. The summed E-state index contributed by atoms with van der Waals surface area (Å²) >= 11 is 6.81. The zero-order valence-corrected chi connectivity index (χ0v) is 12.1. The molecular weight excluding hydrogens is 320 g/mol. The van der Waals surface area contributed by atoms with Gasteiger partial charge in [-0.25, -0.2) is 4.79 Å². The summed E-state index contributed by atoms with van der Waals surface area (Å²) in [6.45, 7) is 1.08. The molecule has 110 valence electrons. The first-order valence-electron chi connectivity index (χ1n) is 6.05. The normalized spacial score (nSPS) is 19.1. The van der Waals surface area contributed by atoms with Gasteiger partial charge in [0.1, 0.15) is 10.7 Å². The monoisotopic (exact) mass is 328 g/mol. The van der Waals surface area contributed by atoms with Crippen molar-refractivity contribution >= 4 is 41.0 Å². The second-order valence-corrected chi connectivity index (χ2v) is 5.45. The van der Waals surface area contributed by atoms with E-state index in [0.717, 1.165) is 11.7 Å². The fraction of sp³-hybridized carbons (Fsp3) is 0.364. The van der Waals surface area contributed by atoms with Gasteiger partial charge in [-0.1, -0.05) is 11.6 Å². The number of Topliss-reactive ketones (excluding diaryl/α,β-unsaturated/α-hetero) is 2. The number of fused-ring (bicyclic) bond motifs is 1. The van der Waals surface area contributed by atoms with Gasteiger partial charge in [0.2, 0.25) is 11.6 Å². The third-order valence-corrected chi connectivity index (χ3v) is 4.29. The fourth-order valence-corrected chi connectivity index (χ4v) is 3.15. The van der Waals surface area contributed by atoms with Crippen molar-refractivity contribution in [3.05, 3.63) is 22.1 Å². The maximum atomic E-state index is 12.4. The Morgan fingerprint density at radius 3 is 2.24 bits per heavy atom. The number of nitrogens with zero attached hydrogens (tertiary/aromatic N) is 4. The van der Waals surface area contributed by atoms with Crippen molar-refractivity contribution in [2.75, 3.05) is 26.2 Å². The molecule has 1 amide bonds. The largest absolute Gasteiger partial charge is 0.465 e. The van der Waals surface area contributed by atoms with Crippen LogP contribution < -0.4 is 0 Å². The predicted molar refractivity (Wildman–Crippen MR) is 72.6 cm³/mol. The molecule has 10 heteroatoms. The van der Waals surface area contributed by atoms with E-state index in [0.29, 0.717) is 13.1 Å². The Bertz CT molecular complexity index is 678. The molecule has 1 aliphatic heterocycles. The first kappa shape index (κ1) is 14.0. The Balaban J connectivity index is 1.89. The van der Waals surface area contributed by atoms with Crippen molar-refractivity contribution in [3.8, 4) is 0 Å². The number of halogens is 1. The van der Waals surface area contributed by atoms with Gasteiger partial charge in [-0.3, -0.25) is 9.59 Å². The molecule has 0 radical (unpaired) electrons. The van der Waals surface area contributed by atoms with Crippen molar-refractivity contribution in [2.24, 2.45) is 0 Å². The van der Waals surface area contributed by atoms with E-state index in [-0.39, 0.29) is 35.2 Å². The van der Waals surface area contributed by atoms with E-state index in [4.69, 9.17) is 16.7 Å². The van der Waals surface area contributed by atoms with E-state index < -0.39 is 17.7 Å². The number of allylic oxidation sites excluding steroid dienone is 2. The van der Waals surface area contributed by atoms with Crippen molar-refractivity contribution < 1.29 is 19.5 Å². The van der Waals surface area contributed by atoms with E-state index >= 15 is 0 Å². The van der Waals surface area contributed by atoms with Crippen LogP contribution in [0.5, 0.6) is 0 Å². The first-order valence-corrected chi connectivity index (χ1v) is 7.16. The van der Waals surface area contributed by atoms with Crippen molar-refractivity contribution in [2.45, 2.75) is 0 Å². The van der Waals surface area contributed by atoms with Gasteiger partial charge in [0.15, 0.2) is 11.4 Å². The summed E-state index contributed by atoms with van der Waals surface area (Å²) in [6, 6.07) is 0. The van der Waals surface area contributed by atoms with Crippen molar-refractivity contribution in [3.63, 3.8) is 0 Å². The minimum atomic E-state index is -1.01. The number of carbonyl (C=O) groups is 3. The number of carbonyl (C=O) groups excluding carboxylic acids is 2. The molecule has 1 N–H and O–H groups in total. The number of ketones is 2. The van der Waals surface area contributed by atoms with Crippen LogP contribution in [0.3, 0.4) is 0 Å². The molecule has 0 unspecified atom stereocenters. The lowest BCUT2D eigenvalue weighted by Gasteiger charge is -2.36. The van der Waals surface area contributed by atoms with E-state index in [9.17, 15) is 14.4 Å². The van der Waals surface area contributed by atoms with Crippen LogP contribution in [0.15, 0.2) is 10.7 Å². The maximum Gasteiger partial charge on any atom is 0.407 e. The molecule has 8 nitrogen and oxygen atoms in total. The molecular formula is C11H9ClN4O4S. The second-order valence-electron chi connectivity index (χ2n) is 4.54. The molecule has 0 bridgehead atoms. The van der Waals surface area contributed by atoms with Crippen LogP contribution in [-0.4, -0.2) is 67.5 Å². The number of amides is 1. The number of aromatic nitrogens is 2. The lowest BCUT2D eigenvalue weighted by molar-refractivity contribution is 0.0893. The van der Waals surface area contributed by atoms with E-state index in [1.165, 1.54) is 4.90 Å². The van der Waals surface area contributed by atoms with Gasteiger partial charge < -0.3 is 14.9 Å². The van der Waals surface area contributed by atoms with Crippen LogP contribution >= 0.6 is 23.3 Å². The van der Waals surface area contributed by atoms with E-state index in [1.54, 1.807) is 4.90 Å². The third-order valence-electron chi connectivity index (χ3n) is 3.41. The molecule has 2 aliphatic rings. The van der Waals surface area contributed by atoms with Crippen LogP contribution in [0.25, 0.3) is 0 Å². The van der Waals surface area contributed by atoms with Gasteiger partial charge in [0.05, 0.1) is 11.7 Å². The number of hydrogen-bond donors (Lipinski definition) is 1. The molecule has 1 saturated heterocycles.